The zero-order valence-corrected chi connectivity index (χ0v) is 37.7. The molecular weight excluding hydrogens is 814 g/mol. The van der Waals surface area contributed by atoms with Crippen molar-refractivity contribution in [1.29, 1.82) is 0 Å². The number of esters is 2. The number of carbonyl (C=O) groups is 2. The van der Waals surface area contributed by atoms with E-state index in [0.29, 0.717) is 19.3 Å². The number of allylic oxidation sites excluding steroid dienone is 12. The number of hydrogen-bond acceptors (Lipinski definition) is 11. The molecule has 0 aliphatic rings. The van der Waals surface area contributed by atoms with E-state index in [1.165, 1.54) is 0 Å². The molecule has 0 aliphatic heterocycles. The number of carbonyl (C=O) groups excluding carboxylic acids is 2. The van der Waals surface area contributed by atoms with Gasteiger partial charge in [-0.3, -0.25) is 23.2 Å². The zero-order valence-electron chi connectivity index (χ0n) is 35.9. The smallest absolute Gasteiger partial charge is 0.462 e. The van der Waals surface area contributed by atoms with E-state index in [1.54, 1.807) is 6.08 Å². The number of aliphatic hydroxyl groups excluding tert-OH is 2. The second-order valence-corrected chi connectivity index (χ2v) is 16.7. The number of unbranched alkanes of at least 4 members (excludes halogenated alkanes) is 9. The second kappa shape index (κ2) is 39.1. The highest BCUT2D eigenvalue weighted by Crippen LogP contribution is 2.43. The molecule has 0 bridgehead atoms. The fourth-order valence-electron chi connectivity index (χ4n) is 5.14. The third kappa shape index (κ3) is 42.0. The van der Waals surface area contributed by atoms with Crippen molar-refractivity contribution in [2.24, 2.45) is 0 Å². The SMILES string of the molecule is CC/C=C\C/C=C\C/C=C\C/C=C\CCCCCCC(=O)O[C@H](COC(=O)CCCCCCC/C=C/C=C/C(O)C/C=C/CC)COP(=O)(O)OC[C@@H](O)COP(=O)(O)O. The summed E-state index contributed by atoms with van der Waals surface area (Å²) in [6.45, 7) is 1.35. The Hall–Kier alpha value is -2.74. The monoisotopic (exact) mass is 888 g/mol. The molecule has 0 aliphatic carbocycles. The lowest BCUT2D eigenvalue weighted by molar-refractivity contribution is -0.161. The molecule has 0 saturated carbocycles. The van der Waals surface area contributed by atoms with Crippen molar-refractivity contribution in [2.75, 3.05) is 26.4 Å². The van der Waals surface area contributed by atoms with E-state index in [9.17, 15) is 33.8 Å². The minimum absolute atomic E-state index is 0.0834. The van der Waals surface area contributed by atoms with Gasteiger partial charge < -0.3 is 34.4 Å². The van der Waals surface area contributed by atoms with Crippen LogP contribution in [0, 0.1) is 0 Å². The normalized spacial score (nSPS) is 15.4. The van der Waals surface area contributed by atoms with E-state index in [-0.39, 0.29) is 12.8 Å². The lowest BCUT2D eigenvalue weighted by Gasteiger charge is -2.20. The van der Waals surface area contributed by atoms with Gasteiger partial charge in [-0.1, -0.05) is 131 Å². The van der Waals surface area contributed by atoms with Crippen LogP contribution in [0.5, 0.6) is 0 Å². The molecule has 0 fully saturated rings. The highest BCUT2D eigenvalue weighted by atomic mass is 31.2. The van der Waals surface area contributed by atoms with Crippen molar-refractivity contribution in [1.82, 2.24) is 0 Å². The molecule has 0 aromatic carbocycles. The number of phosphoric ester groups is 2. The summed E-state index contributed by atoms with van der Waals surface area (Å²) in [5, 5.41) is 19.6. The predicted octanol–water partition coefficient (Wildman–Crippen LogP) is 9.75. The highest BCUT2D eigenvalue weighted by molar-refractivity contribution is 7.47. The maximum absolute atomic E-state index is 12.7. The first-order chi connectivity index (χ1) is 28.8. The van der Waals surface area contributed by atoms with Gasteiger partial charge in [0.1, 0.15) is 12.7 Å². The first-order valence-electron chi connectivity index (χ1n) is 21.4. The van der Waals surface area contributed by atoms with Crippen molar-refractivity contribution in [3.8, 4) is 0 Å². The largest absolute Gasteiger partial charge is 0.472 e. The van der Waals surface area contributed by atoms with E-state index < -0.39 is 72.3 Å². The predicted molar refractivity (Wildman–Crippen MR) is 236 cm³/mol. The topological polar surface area (TPSA) is 216 Å². The average molecular weight is 889 g/mol. The van der Waals surface area contributed by atoms with Gasteiger partial charge >= 0.3 is 27.6 Å². The van der Waals surface area contributed by atoms with Crippen LogP contribution in [0.2, 0.25) is 0 Å². The van der Waals surface area contributed by atoms with E-state index in [4.69, 9.17) is 23.8 Å². The van der Waals surface area contributed by atoms with Crippen molar-refractivity contribution in [3.63, 3.8) is 0 Å². The molecule has 0 heterocycles. The Morgan fingerprint density at radius 1 is 0.550 bits per heavy atom. The Bertz CT molecular complexity index is 1400. The summed E-state index contributed by atoms with van der Waals surface area (Å²) >= 11 is 0. The first-order valence-corrected chi connectivity index (χ1v) is 24.4. The van der Waals surface area contributed by atoms with Gasteiger partial charge in [-0.05, 0) is 77.0 Å². The van der Waals surface area contributed by atoms with Gasteiger partial charge in [0.15, 0.2) is 6.10 Å². The summed E-state index contributed by atoms with van der Waals surface area (Å²) < 4.78 is 47.7. The number of phosphoric acid groups is 2. The summed E-state index contributed by atoms with van der Waals surface area (Å²) in [5.41, 5.74) is 0. The fraction of sp³-hybridized carbons (Fsp3) is 0.636. The minimum atomic E-state index is -4.88. The molecule has 60 heavy (non-hydrogen) atoms. The third-order valence-corrected chi connectivity index (χ3v) is 9.79. The van der Waals surface area contributed by atoms with Crippen LogP contribution in [-0.4, -0.2) is 81.6 Å². The molecule has 0 aromatic heterocycles. The highest BCUT2D eigenvalue weighted by Gasteiger charge is 2.28. The van der Waals surface area contributed by atoms with Crippen LogP contribution in [-0.2, 0) is 41.8 Å². The van der Waals surface area contributed by atoms with Crippen LogP contribution in [0.1, 0.15) is 136 Å². The molecule has 14 nitrogen and oxygen atoms in total. The van der Waals surface area contributed by atoms with Crippen molar-refractivity contribution in [3.05, 3.63) is 85.1 Å². The molecule has 5 N–H and O–H groups in total. The molecule has 0 saturated heterocycles. The summed E-state index contributed by atoms with van der Waals surface area (Å²) in [6, 6.07) is 0. The molecule has 0 amide bonds. The second-order valence-electron chi connectivity index (χ2n) is 14.1. The first kappa shape index (κ1) is 57.3. The Balaban J connectivity index is 4.65. The van der Waals surface area contributed by atoms with Gasteiger partial charge in [-0.2, -0.15) is 0 Å². The quantitative estimate of drug-likeness (QED) is 0.0128. The Labute approximate surface area is 359 Å². The van der Waals surface area contributed by atoms with Crippen LogP contribution >= 0.6 is 15.6 Å². The summed E-state index contributed by atoms with van der Waals surface area (Å²) in [7, 11) is -9.71. The van der Waals surface area contributed by atoms with Crippen molar-refractivity contribution < 1.29 is 66.7 Å². The van der Waals surface area contributed by atoms with Crippen LogP contribution in [0.3, 0.4) is 0 Å². The van der Waals surface area contributed by atoms with Gasteiger partial charge in [0.25, 0.3) is 0 Å². The van der Waals surface area contributed by atoms with Crippen molar-refractivity contribution >= 4 is 27.6 Å². The lowest BCUT2D eigenvalue weighted by Crippen LogP contribution is -2.30. The lowest BCUT2D eigenvalue weighted by atomic mass is 10.1. The molecule has 0 rings (SSSR count). The molecular formula is C44H74O14P2. The van der Waals surface area contributed by atoms with Crippen LogP contribution in [0.25, 0.3) is 0 Å². The summed E-state index contributed by atoms with van der Waals surface area (Å²) in [4.78, 5) is 52.7. The van der Waals surface area contributed by atoms with Crippen LogP contribution in [0.15, 0.2) is 85.1 Å². The maximum Gasteiger partial charge on any atom is 0.472 e. The van der Waals surface area contributed by atoms with Crippen LogP contribution in [0.4, 0.5) is 0 Å². The Kier molecular flexibility index (Phi) is 37.3. The fourth-order valence-corrected chi connectivity index (χ4v) is 6.29. The minimum Gasteiger partial charge on any atom is -0.462 e. The summed E-state index contributed by atoms with van der Waals surface area (Å²) in [6.07, 6.45) is 40.5. The molecule has 4 atom stereocenters. The number of rotatable bonds is 39. The molecule has 16 heteroatoms. The van der Waals surface area contributed by atoms with Gasteiger partial charge in [-0.15, -0.1) is 0 Å². The van der Waals surface area contributed by atoms with Gasteiger partial charge in [0, 0.05) is 12.8 Å². The molecule has 2 unspecified atom stereocenters. The van der Waals surface area contributed by atoms with E-state index >= 15 is 0 Å². The Morgan fingerprint density at radius 3 is 1.67 bits per heavy atom. The summed E-state index contributed by atoms with van der Waals surface area (Å²) in [5.74, 6) is -1.12. The molecule has 0 spiro atoms. The number of aliphatic hydroxyl groups is 2. The van der Waals surface area contributed by atoms with E-state index in [1.807, 2.05) is 31.2 Å². The molecule has 0 aromatic rings. The van der Waals surface area contributed by atoms with E-state index in [2.05, 4.69) is 70.7 Å². The van der Waals surface area contributed by atoms with Crippen LogP contribution < -0.4 is 0 Å². The van der Waals surface area contributed by atoms with E-state index in [0.717, 1.165) is 89.9 Å². The van der Waals surface area contributed by atoms with Crippen molar-refractivity contribution in [2.45, 2.75) is 154 Å². The number of hydrogen-bond donors (Lipinski definition) is 5. The Morgan fingerprint density at radius 2 is 1.05 bits per heavy atom. The average Bonchev–Trinajstić information content (AvgIpc) is 3.20. The standard InChI is InChI=1S/C44H74O14P2/c1-3-5-7-8-9-10-11-12-13-14-15-16-17-20-24-27-31-35-44(48)58-42(39-57-60(52,53)56-37-41(46)36-55-59(49,50)51)38-54-43(47)34-30-26-23-21-18-19-22-25-29-33-40(45)32-28-6-4-2/h5-7,9-10,12-13,15-16,22,25,28-29,33,40-42,45-46H,3-4,8,11,14,17-21,23-24,26-27,30-32,34-39H2,1-2H3,(H,52,53)(H2,49,50,51)/b7-5-,10-9-,13-12-,16-15-,25-22+,28-6+,33-29+/t40?,41-,42+/m0/s1. The molecule has 344 valence electrons. The number of ether oxygens (including phenoxy) is 2. The van der Waals surface area contributed by atoms with Gasteiger partial charge in [0.2, 0.25) is 0 Å². The van der Waals surface area contributed by atoms with Gasteiger partial charge in [0.05, 0.1) is 25.9 Å². The third-order valence-electron chi connectivity index (χ3n) is 8.35. The molecule has 0 radical (unpaired) electrons. The maximum atomic E-state index is 12.7. The van der Waals surface area contributed by atoms with Gasteiger partial charge in [-0.25, -0.2) is 9.13 Å². The zero-order chi connectivity index (χ0) is 44.6.